The number of nitrogens with two attached hydrogens (primary N) is 1. The Balaban J connectivity index is 1.55. The van der Waals surface area contributed by atoms with Gasteiger partial charge in [0.1, 0.15) is 18.9 Å². The summed E-state index contributed by atoms with van der Waals surface area (Å²) in [6.07, 6.45) is 3.16. The fourth-order valence-corrected chi connectivity index (χ4v) is 3.40. The van der Waals surface area contributed by atoms with E-state index in [4.69, 9.17) is 15.1 Å². The molecule has 162 valence electrons. The number of nitrogen functional groups attached to an aromatic ring is 1. The molecule has 10 nitrogen and oxygen atoms in total. The summed E-state index contributed by atoms with van der Waals surface area (Å²) in [6, 6.07) is 12.9. The highest BCUT2D eigenvalue weighted by Crippen LogP contribution is 2.26. The highest BCUT2D eigenvalue weighted by Gasteiger charge is 2.20. The zero-order valence-corrected chi connectivity index (χ0v) is 18.3. The maximum atomic E-state index is 12.7. The average molecular weight is 496 g/mol. The topological polar surface area (TPSA) is 133 Å². The molecule has 0 fully saturated rings. The fraction of sp³-hybridized carbons (Fsp3) is 0.0952. The molecule has 0 aliphatic carbocycles. The van der Waals surface area contributed by atoms with Gasteiger partial charge in [-0.15, -0.1) is 0 Å². The lowest BCUT2D eigenvalue weighted by Gasteiger charge is -2.08. The summed E-state index contributed by atoms with van der Waals surface area (Å²) in [6.45, 7) is 3.92. The van der Waals surface area contributed by atoms with Gasteiger partial charge >= 0.3 is 0 Å². The molecule has 0 aliphatic rings. The smallest absolute Gasteiger partial charge is 0.260 e. The lowest BCUT2D eigenvalue weighted by molar-refractivity contribution is -0.121. The quantitative estimate of drug-likeness (QED) is 0.218. The van der Waals surface area contributed by atoms with E-state index in [0.717, 1.165) is 9.99 Å². The molecule has 0 saturated heterocycles. The number of aromatic nitrogens is 4. The van der Waals surface area contributed by atoms with E-state index in [0.29, 0.717) is 29.3 Å². The van der Waals surface area contributed by atoms with Crippen molar-refractivity contribution >= 4 is 44.9 Å². The number of ether oxygens (including phenoxy) is 1. The maximum Gasteiger partial charge on any atom is 0.260 e. The number of benzene rings is 2. The molecule has 4 aromatic rings. The molecule has 2 aromatic heterocycles. The van der Waals surface area contributed by atoms with Crippen molar-refractivity contribution in [2.45, 2.75) is 6.54 Å². The van der Waals surface area contributed by atoms with Gasteiger partial charge in [0, 0.05) is 10.0 Å². The number of halogens is 1. The second kappa shape index (κ2) is 9.43. The second-order valence-corrected chi connectivity index (χ2v) is 7.50. The van der Waals surface area contributed by atoms with Crippen LogP contribution < -0.4 is 15.9 Å². The Labute approximate surface area is 190 Å². The molecule has 0 atom stereocenters. The Morgan fingerprint density at radius 2 is 2.16 bits per heavy atom. The first-order valence-electron chi connectivity index (χ1n) is 9.45. The van der Waals surface area contributed by atoms with Crippen molar-refractivity contribution in [3.63, 3.8) is 0 Å². The van der Waals surface area contributed by atoms with Gasteiger partial charge in [0.2, 0.25) is 0 Å². The summed E-state index contributed by atoms with van der Waals surface area (Å²) >= 11 is 3.42. The minimum atomic E-state index is -0.371. The lowest BCUT2D eigenvalue weighted by Crippen LogP contribution is -2.23. The summed E-state index contributed by atoms with van der Waals surface area (Å²) < 4.78 is 12.8. The molecule has 2 aromatic carbocycles. The van der Waals surface area contributed by atoms with Crippen molar-refractivity contribution < 1.29 is 14.2 Å². The van der Waals surface area contributed by atoms with E-state index >= 15 is 0 Å². The molecule has 0 aliphatic heterocycles. The van der Waals surface area contributed by atoms with Gasteiger partial charge in [-0.1, -0.05) is 40.7 Å². The van der Waals surface area contributed by atoms with Crippen LogP contribution in [0.25, 0.3) is 22.6 Å². The van der Waals surface area contributed by atoms with E-state index in [1.807, 2.05) is 36.4 Å². The number of hydrogen-bond donors (Lipinski definition) is 2. The molecule has 0 bridgehead atoms. The summed E-state index contributed by atoms with van der Waals surface area (Å²) in [5, 5.41) is 11.5. The first-order chi connectivity index (χ1) is 15.6. The number of amides is 1. The summed E-state index contributed by atoms with van der Waals surface area (Å²) in [7, 11) is 0. The molecule has 2 heterocycles. The van der Waals surface area contributed by atoms with Crippen LogP contribution in [0.4, 0.5) is 5.82 Å². The number of nitrogens with one attached hydrogen (secondary N) is 1. The molecule has 0 radical (unpaired) electrons. The number of hydrazone groups is 1. The molecule has 0 unspecified atom stereocenters. The molecule has 11 heteroatoms. The van der Waals surface area contributed by atoms with Crippen molar-refractivity contribution in [1.29, 1.82) is 0 Å². The van der Waals surface area contributed by atoms with E-state index in [9.17, 15) is 4.79 Å². The minimum absolute atomic E-state index is 0.0716. The van der Waals surface area contributed by atoms with Crippen molar-refractivity contribution in [3.8, 4) is 17.3 Å². The van der Waals surface area contributed by atoms with Gasteiger partial charge in [0.05, 0.1) is 17.2 Å². The fourth-order valence-electron chi connectivity index (χ4n) is 3.02. The lowest BCUT2D eigenvalue weighted by atomic mass is 10.2. The normalized spacial score (nSPS) is 11.2. The molecule has 0 saturated carbocycles. The van der Waals surface area contributed by atoms with Crippen LogP contribution in [0.1, 0.15) is 5.56 Å². The van der Waals surface area contributed by atoms with Crippen LogP contribution in [-0.4, -0.2) is 38.6 Å². The number of carbonyl (C=O) groups is 1. The number of fused-ring (bicyclic) bond motifs is 1. The van der Waals surface area contributed by atoms with Crippen molar-refractivity contribution in [2.75, 3.05) is 12.3 Å². The number of nitrogens with zero attached hydrogens (tertiary/aromatic N) is 5. The molecule has 0 spiro atoms. The molecule has 3 N–H and O–H groups in total. The number of anilines is 1. The number of carbonyl (C=O) groups excluding carboxylic acids is 1. The van der Waals surface area contributed by atoms with Crippen LogP contribution in [0.5, 0.6) is 5.75 Å². The van der Waals surface area contributed by atoms with Gasteiger partial charge in [0.15, 0.2) is 17.3 Å². The van der Waals surface area contributed by atoms with Gasteiger partial charge in [-0.25, -0.2) is 15.0 Å². The zero-order chi connectivity index (χ0) is 22.5. The van der Waals surface area contributed by atoms with Crippen LogP contribution in [0.15, 0.2) is 69.3 Å². The van der Waals surface area contributed by atoms with Gasteiger partial charge in [-0.2, -0.15) is 5.10 Å². The summed E-state index contributed by atoms with van der Waals surface area (Å²) in [4.78, 5) is 17.2. The van der Waals surface area contributed by atoms with E-state index in [1.165, 1.54) is 6.21 Å². The van der Waals surface area contributed by atoms with Gasteiger partial charge in [-0.05, 0) is 40.6 Å². The Morgan fingerprint density at radius 3 is 2.94 bits per heavy atom. The monoisotopic (exact) mass is 495 g/mol. The number of imidazole rings is 1. The van der Waals surface area contributed by atoms with Crippen molar-refractivity contribution in [2.24, 2.45) is 5.10 Å². The number of hydrogen-bond acceptors (Lipinski definition) is 8. The third kappa shape index (κ3) is 4.52. The third-order valence-corrected chi connectivity index (χ3v) is 4.90. The van der Waals surface area contributed by atoms with E-state index in [2.05, 4.69) is 48.3 Å². The minimum Gasteiger partial charge on any atom is -0.489 e. The first kappa shape index (κ1) is 21.2. The highest BCUT2D eigenvalue weighted by atomic mass is 79.9. The van der Waals surface area contributed by atoms with Crippen LogP contribution in [0.2, 0.25) is 0 Å². The first-order valence-corrected chi connectivity index (χ1v) is 10.2. The summed E-state index contributed by atoms with van der Waals surface area (Å²) in [5.74, 6) is 0.699. The number of para-hydroxylation sites is 2. The average Bonchev–Trinajstić information content (AvgIpc) is 3.36. The molecule has 1 amide bonds. The standard InChI is InChI=1S/C21H18BrN7O3/c1-2-9-31-17-8-7-14(22)10-13(17)11-24-26-18(30)12-29-16-6-4-3-5-15(16)25-21(29)19-20(23)28-32-27-19/h2-8,10-11H,1,9,12H2,(H2,23,28)(H,26,30). The van der Waals surface area contributed by atoms with Gasteiger partial charge in [-0.3, -0.25) is 4.79 Å². The maximum absolute atomic E-state index is 12.7. The van der Waals surface area contributed by atoms with Crippen molar-refractivity contribution in [1.82, 2.24) is 25.3 Å². The summed E-state index contributed by atoms with van der Waals surface area (Å²) in [5.41, 5.74) is 10.7. The predicted octanol–water partition coefficient (Wildman–Crippen LogP) is 3.15. The second-order valence-electron chi connectivity index (χ2n) is 6.58. The van der Waals surface area contributed by atoms with Crippen LogP contribution in [0, 0.1) is 0 Å². The van der Waals surface area contributed by atoms with Gasteiger partial charge < -0.3 is 15.0 Å². The molecular formula is C21H18BrN7O3. The van der Waals surface area contributed by atoms with E-state index in [-0.39, 0.29) is 24.0 Å². The molecule has 32 heavy (non-hydrogen) atoms. The predicted molar refractivity (Wildman–Crippen MR) is 123 cm³/mol. The van der Waals surface area contributed by atoms with Crippen LogP contribution in [-0.2, 0) is 11.3 Å². The zero-order valence-electron chi connectivity index (χ0n) is 16.7. The Hall–Kier alpha value is -3.99. The highest BCUT2D eigenvalue weighted by molar-refractivity contribution is 9.10. The van der Waals surface area contributed by atoms with Crippen LogP contribution >= 0.6 is 15.9 Å². The largest absolute Gasteiger partial charge is 0.489 e. The third-order valence-electron chi connectivity index (χ3n) is 4.40. The molecular weight excluding hydrogens is 478 g/mol. The number of rotatable bonds is 8. The van der Waals surface area contributed by atoms with E-state index < -0.39 is 0 Å². The van der Waals surface area contributed by atoms with E-state index in [1.54, 1.807) is 16.7 Å². The Bertz CT molecular complexity index is 1310. The van der Waals surface area contributed by atoms with Gasteiger partial charge in [0.25, 0.3) is 5.91 Å². The Kier molecular flexibility index (Phi) is 6.26. The van der Waals surface area contributed by atoms with Crippen LogP contribution in [0.3, 0.4) is 0 Å². The molecule has 4 rings (SSSR count). The Morgan fingerprint density at radius 1 is 1.31 bits per heavy atom. The SMILES string of the molecule is C=CCOc1ccc(Br)cc1C=NNC(=O)Cn1c(-c2nonc2N)nc2ccccc21. The van der Waals surface area contributed by atoms with Crippen molar-refractivity contribution in [3.05, 3.63) is 65.2 Å².